The average molecular weight is 341 g/mol. The molecule has 1 aromatic rings. The molecule has 0 aromatic heterocycles. The Morgan fingerprint density at radius 3 is 2.05 bits per heavy atom. The summed E-state index contributed by atoms with van der Waals surface area (Å²) in [4.78, 5) is 2.54. The second-order valence-electron chi connectivity index (χ2n) is 6.48. The van der Waals surface area contributed by atoms with E-state index in [-0.39, 0.29) is 0 Å². The fourth-order valence-electron chi connectivity index (χ4n) is 2.10. The molecule has 0 aliphatic carbocycles. The standard InChI is InChI=1S/C17H29BrN2/c1-13(2)7-9-20(10-8-14(3)4)12-15-5-6-16(18)11-17(15)19/h5-6,11,13-14H,7-10,12,19H2,1-4H3. The van der Waals surface area contributed by atoms with Gasteiger partial charge in [0.15, 0.2) is 0 Å². The zero-order chi connectivity index (χ0) is 15.1. The van der Waals surface area contributed by atoms with E-state index in [1.54, 1.807) is 0 Å². The third kappa shape index (κ3) is 6.76. The Morgan fingerprint density at radius 1 is 1.05 bits per heavy atom. The molecule has 1 rings (SSSR count). The van der Waals surface area contributed by atoms with Crippen LogP contribution in [0.3, 0.4) is 0 Å². The molecule has 0 aliphatic rings. The summed E-state index contributed by atoms with van der Waals surface area (Å²) in [5.41, 5.74) is 8.25. The predicted molar refractivity (Wildman–Crippen MR) is 92.7 cm³/mol. The van der Waals surface area contributed by atoms with Gasteiger partial charge in [0.2, 0.25) is 0 Å². The van der Waals surface area contributed by atoms with Crippen molar-refractivity contribution in [2.24, 2.45) is 11.8 Å². The van der Waals surface area contributed by atoms with Gasteiger partial charge >= 0.3 is 0 Å². The lowest BCUT2D eigenvalue weighted by Gasteiger charge is -2.25. The highest BCUT2D eigenvalue weighted by atomic mass is 79.9. The van der Waals surface area contributed by atoms with Crippen molar-refractivity contribution >= 4 is 21.6 Å². The summed E-state index contributed by atoms with van der Waals surface area (Å²) in [6.07, 6.45) is 2.49. The SMILES string of the molecule is CC(C)CCN(CCC(C)C)Cc1ccc(Br)cc1N. The zero-order valence-electron chi connectivity index (χ0n) is 13.3. The Labute approximate surface area is 132 Å². The molecule has 0 amide bonds. The summed E-state index contributed by atoms with van der Waals surface area (Å²) in [6.45, 7) is 12.4. The van der Waals surface area contributed by atoms with Crippen molar-refractivity contribution in [2.75, 3.05) is 18.8 Å². The molecule has 0 heterocycles. The van der Waals surface area contributed by atoms with Crippen molar-refractivity contribution in [1.29, 1.82) is 0 Å². The largest absolute Gasteiger partial charge is 0.398 e. The minimum absolute atomic E-state index is 0.749. The Morgan fingerprint density at radius 2 is 1.60 bits per heavy atom. The van der Waals surface area contributed by atoms with E-state index < -0.39 is 0 Å². The normalized spacial score (nSPS) is 11.8. The smallest absolute Gasteiger partial charge is 0.0371 e. The average Bonchev–Trinajstić information content (AvgIpc) is 2.35. The molecule has 114 valence electrons. The van der Waals surface area contributed by atoms with Crippen LogP contribution in [0.15, 0.2) is 22.7 Å². The first-order valence-electron chi connectivity index (χ1n) is 7.64. The van der Waals surface area contributed by atoms with Gasteiger partial charge in [-0.05, 0) is 55.5 Å². The highest BCUT2D eigenvalue weighted by Gasteiger charge is 2.10. The van der Waals surface area contributed by atoms with Crippen molar-refractivity contribution in [2.45, 2.75) is 47.1 Å². The van der Waals surface area contributed by atoms with Crippen LogP contribution in [-0.2, 0) is 6.54 Å². The molecule has 3 heteroatoms. The molecule has 20 heavy (non-hydrogen) atoms. The number of benzene rings is 1. The van der Waals surface area contributed by atoms with Gasteiger partial charge in [-0.25, -0.2) is 0 Å². The summed E-state index contributed by atoms with van der Waals surface area (Å²) < 4.78 is 1.05. The number of anilines is 1. The van der Waals surface area contributed by atoms with E-state index in [4.69, 9.17) is 5.73 Å². The van der Waals surface area contributed by atoms with Crippen LogP contribution < -0.4 is 5.73 Å². The molecular formula is C17H29BrN2. The van der Waals surface area contributed by atoms with Crippen LogP contribution in [-0.4, -0.2) is 18.0 Å². The van der Waals surface area contributed by atoms with Gasteiger partial charge in [0.05, 0.1) is 0 Å². The lowest BCUT2D eigenvalue weighted by atomic mass is 10.1. The van der Waals surface area contributed by atoms with E-state index in [2.05, 4.69) is 60.7 Å². The van der Waals surface area contributed by atoms with Crippen molar-refractivity contribution in [3.05, 3.63) is 28.2 Å². The van der Waals surface area contributed by atoms with E-state index >= 15 is 0 Å². The monoisotopic (exact) mass is 340 g/mol. The van der Waals surface area contributed by atoms with E-state index in [1.165, 1.54) is 18.4 Å². The van der Waals surface area contributed by atoms with Crippen LogP contribution in [0.2, 0.25) is 0 Å². The van der Waals surface area contributed by atoms with Crippen LogP contribution >= 0.6 is 15.9 Å². The number of hydrogen-bond donors (Lipinski definition) is 1. The first kappa shape index (κ1) is 17.5. The van der Waals surface area contributed by atoms with Gasteiger partial charge in [-0.15, -0.1) is 0 Å². The van der Waals surface area contributed by atoms with E-state index in [0.29, 0.717) is 0 Å². The Bertz CT molecular complexity index is 390. The van der Waals surface area contributed by atoms with E-state index in [9.17, 15) is 0 Å². The van der Waals surface area contributed by atoms with Crippen molar-refractivity contribution in [1.82, 2.24) is 4.90 Å². The van der Waals surface area contributed by atoms with Gasteiger partial charge in [-0.1, -0.05) is 49.7 Å². The van der Waals surface area contributed by atoms with Crippen molar-refractivity contribution in [3.63, 3.8) is 0 Å². The van der Waals surface area contributed by atoms with Crippen LogP contribution in [0.4, 0.5) is 5.69 Å². The maximum absolute atomic E-state index is 6.12. The number of rotatable bonds is 8. The molecule has 0 saturated carbocycles. The molecule has 0 aliphatic heterocycles. The van der Waals surface area contributed by atoms with Crippen molar-refractivity contribution < 1.29 is 0 Å². The Balaban J connectivity index is 2.66. The number of nitrogens with zero attached hydrogens (tertiary/aromatic N) is 1. The fraction of sp³-hybridized carbons (Fsp3) is 0.647. The first-order chi connectivity index (χ1) is 9.38. The van der Waals surface area contributed by atoms with Crippen molar-refractivity contribution in [3.8, 4) is 0 Å². The molecule has 0 radical (unpaired) electrons. The minimum Gasteiger partial charge on any atom is -0.398 e. The highest BCUT2D eigenvalue weighted by Crippen LogP contribution is 2.21. The second-order valence-corrected chi connectivity index (χ2v) is 7.40. The maximum atomic E-state index is 6.12. The van der Waals surface area contributed by atoms with Gasteiger partial charge in [-0.2, -0.15) is 0 Å². The molecule has 0 fully saturated rings. The lowest BCUT2D eigenvalue weighted by molar-refractivity contribution is 0.236. The molecule has 0 saturated heterocycles. The van der Waals surface area contributed by atoms with E-state index in [1.807, 2.05) is 6.07 Å². The van der Waals surface area contributed by atoms with E-state index in [0.717, 1.165) is 41.6 Å². The molecule has 0 atom stereocenters. The lowest BCUT2D eigenvalue weighted by Crippen LogP contribution is -2.27. The van der Waals surface area contributed by atoms with Crippen LogP contribution in [0, 0.1) is 11.8 Å². The zero-order valence-corrected chi connectivity index (χ0v) is 14.9. The molecule has 0 spiro atoms. The van der Waals surface area contributed by atoms with Gasteiger partial charge in [-0.3, -0.25) is 4.90 Å². The Hall–Kier alpha value is -0.540. The summed E-state index contributed by atoms with van der Waals surface area (Å²) >= 11 is 3.47. The van der Waals surface area contributed by atoms with Crippen LogP contribution in [0.25, 0.3) is 0 Å². The third-order valence-corrected chi connectivity index (χ3v) is 4.04. The molecule has 2 N–H and O–H groups in total. The predicted octanol–water partition coefficient (Wildman–Crippen LogP) is 4.93. The molecule has 2 nitrogen and oxygen atoms in total. The molecular weight excluding hydrogens is 312 g/mol. The molecule has 0 bridgehead atoms. The second kappa shape index (κ2) is 8.68. The first-order valence-corrected chi connectivity index (χ1v) is 8.44. The molecule has 1 aromatic carbocycles. The van der Waals surface area contributed by atoms with Gasteiger partial charge in [0.1, 0.15) is 0 Å². The Kier molecular flexibility index (Phi) is 7.60. The quantitative estimate of drug-likeness (QED) is 0.680. The minimum atomic E-state index is 0.749. The van der Waals surface area contributed by atoms with Crippen LogP contribution in [0.1, 0.15) is 46.1 Å². The topological polar surface area (TPSA) is 29.3 Å². The number of hydrogen-bond acceptors (Lipinski definition) is 2. The number of halogens is 1. The summed E-state index contributed by atoms with van der Waals surface area (Å²) in [7, 11) is 0. The number of nitrogen functional groups attached to an aromatic ring is 1. The van der Waals surface area contributed by atoms with Gasteiger partial charge in [0, 0.05) is 16.7 Å². The van der Waals surface area contributed by atoms with Crippen LogP contribution in [0.5, 0.6) is 0 Å². The molecule has 0 unspecified atom stereocenters. The maximum Gasteiger partial charge on any atom is 0.0371 e. The van der Waals surface area contributed by atoms with Gasteiger partial charge < -0.3 is 5.73 Å². The number of nitrogens with two attached hydrogens (primary N) is 1. The fourth-order valence-corrected chi connectivity index (χ4v) is 2.48. The summed E-state index contributed by atoms with van der Waals surface area (Å²) in [5, 5.41) is 0. The third-order valence-electron chi connectivity index (χ3n) is 3.55. The highest BCUT2D eigenvalue weighted by molar-refractivity contribution is 9.10. The van der Waals surface area contributed by atoms with Gasteiger partial charge in [0.25, 0.3) is 0 Å². The summed E-state index contributed by atoms with van der Waals surface area (Å²) in [6, 6.07) is 6.21. The summed E-state index contributed by atoms with van der Waals surface area (Å²) in [5.74, 6) is 1.50.